The summed E-state index contributed by atoms with van der Waals surface area (Å²) in [6.45, 7) is 1.28. The molecule has 0 aromatic carbocycles. The van der Waals surface area contributed by atoms with Crippen molar-refractivity contribution in [1.29, 1.82) is 0 Å². The van der Waals surface area contributed by atoms with Gasteiger partial charge in [0.1, 0.15) is 23.6 Å². The molecule has 1 aliphatic heterocycles. The van der Waals surface area contributed by atoms with Crippen LogP contribution in [-0.4, -0.2) is 56.9 Å². The molecule has 3 N–H and O–H groups in total. The molecule has 0 bridgehead atoms. The second-order valence-electron chi connectivity index (χ2n) is 8.15. The second-order valence-corrected chi connectivity index (χ2v) is 8.15. The van der Waals surface area contributed by atoms with Crippen LogP contribution in [0.4, 0.5) is 24.8 Å². The summed E-state index contributed by atoms with van der Waals surface area (Å²) in [6, 6.07) is 2.39. The van der Waals surface area contributed by atoms with Crippen LogP contribution in [0.3, 0.4) is 0 Å². The maximum atomic E-state index is 14.7. The Morgan fingerprint density at radius 3 is 2.59 bits per heavy atom. The van der Waals surface area contributed by atoms with E-state index in [0.717, 1.165) is 12.8 Å². The number of ketones is 1. The van der Waals surface area contributed by atoms with Crippen LogP contribution in [0.2, 0.25) is 0 Å². The largest absolute Gasteiger partial charge is 0.381 e. The number of carbonyl (C=O) groups is 1. The second kappa shape index (κ2) is 8.05. The van der Waals surface area contributed by atoms with Gasteiger partial charge in [-0.1, -0.05) is 0 Å². The number of hydrogen-bond donors (Lipinski definition) is 3. The number of carbonyl (C=O) groups excluding carboxylic acids is 1. The number of alkyl halides is 2. The highest BCUT2D eigenvalue weighted by Gasteiger charge is 2.45. The van der Waals surface area contributed by atoms with E-state index in [1.807, 2.05) is 0 Å². The summed E-state index contributed by atoms with van der Waals surface area (Å²) in [7, 11) is 0. The number of nitrogens with one attached hydrogen (secondary N) is 3. The summed E-state index contributed by atoms with van der Waals surface area (Å²) >= 11 is 0. The van der Waals surface area contributed by atoms with E-state index in [1.54, 1.807) is 0 Å². The third-order valence-electron chi connectivity index (χ3n) is 5.81. The molecule has 11 heteroatoms. The fourth-order valence-electron chi connectivity index (χ4n) is 4.09. The molecular formula is C21H21F3N6O2. The van der Waals surface area contributed by atoms with Crippen LogP contribution in [0.15, 0.2) is 24.7 Å². The summed E-state index contributed by atoms with van der Waals surface area (Å²) in [4.78, 5) is 28.3. The maximum absolute atomic E-state index is 14.7. The standard InChI is InChI=1S/C21H21F3N6O2/c22-18-13(1-2-15(30-18)28-12-7-21(23,24)8-12)17(31)14-9-25-19-16(14)20(27-10-26-19)29-11-3-5-32-6-4-11/h1-2,9-12H,3-8H2,(H,28,30)(H2,25,26,27,29). The Hall–Kier alpha value is -3.21. The van der Waals surface area contributed by atoms with E-state index in [2.05, 4.69) is 30.6 Å². The number of anilines is 2. The van der Waals surface area contributed by atoms with Crippen molar-refractivity contribution in [2.24, 2.45) is 0 Å². The monoisotopic (exact) mass is 446 g/mol. The molecule has 8 nitrogen and oxygen atoms in total. The van der Waals surface area contributed by atoms with Gasteiger partial charge in [-0.05, 0) is 25.0 Å². The number of ether oxygens (including phenoxy) is 1. The van der Waals surface area contributed by atoms with Crippen molar-refractivity contribution in [3.63, 3.8) is 0 Å². The third kappa shape index (κ3) is 3.99. The van der Waals surface area contributed by atoms with E-state index in [4.69, 9.17) is 4.74 Å². The molecule has 4 heterocycles. The minimum absolute atomic E-state index is 0.115. The lowest BCUT2D eigenvalue weighted by Crippen LogP contribution is -2.44. The van der Waals surface area contributed by atoms with Gasteiger partial charge in [-0.3, -0.25) is 4.79 Å². The molecular weight excluding hydrogens is 425 g/mol. The first kappa shape index (κ1) is 20.7. The minimum atomic E-state index is -2.69. The molecule has 1 aliphatic carbocycles. The highest BCUT2D eigenvalue weighted by molar-refractivity contribution is 6.18. The van der Waals surface area contributed by atoms with Gasteiger partial charge in [0, 0.05) is 44.3 Å². The number of halogens is 3. The smallest absolute Gasteiger partial charge is 0.252 e. The number of aromatic nitrogens is 4. The molecule has 0 amide bonds. The number of rotatable bonds is 6. The zero-order chi connectivity index (χ0) is 22.3. The van der Waals surface area contributed by atoms with Crippen LogP contribution in [0.5, 0.6) is 0 Å². The lowest BCUT2D eigenvalue weighted by molar-refractivity contribution is -0.0794. The van der Waals surface area contributed by atoms with E-state index in [0.29, 0.717) is 30.1 Å². The quantitative estimate of drug-likeness (QED) is 0.393. The highest BCUT2D eigenvalue weighted by Crippen LogP contribution is 2.39. The molecule has 32 heavy (non-hydrogen) atoms. The number of hydrogen-bond acceptors (Lipinski definition) is 7. The summed E-state index contributed by atoms with van der Waals surface area (Å²) in [5.74, 6) is -3.64. The van der Waals surface area contributed by atoms with Crippen molar-refractivity contribution in [3.8, 4) is 0 Å². The molecule has 5 rings (SSSR count). The Kier molecular flexibility index (Phi) is 5.20. The van der Waals surface area contributed by atoms with E-state index in [9.17, 15) is 18.0 Å². The average Bonchev–Trinajstić information content (AvgIpc) is 3.18. The molecule has 3 aromatic rings. The van der Waals surface area contributed by atoms with Crippen LogP contribution >= 0.6 is 0 Å². The average molecular weight is 446 g/mol. The van der Waals surface area contributed by atoms with Crippen LogP contribution < -0.4 is 10.6 Å². The molecule has 168 valence electrons. The van der Waals surface area contributed by atoms with E-state index < -0.39 is 23.7 Å². The van der Waals surface area contributed by atoms with Gasteiger partial charge >= 0.3 is 0 Å². The zero-order valence-electron chi connectivity index (χ0n) is 17.0. The van der Waals surface area contributed by atoms with Crippen molar-refractivity contribution >= 4 is 28.5 Å². The van der Waals surface area contributed by atoms with E-state index in [1.165, 1.54) is 24.7 Å². The Morgan fingerprint density at radius 1 is 1.09 bits per heavy atom. The summed E-state index contributed by atoms with van der Waals surface area (Å²) in [5, 5.41) is 6.58. The lowest BCUT2D eigenvalue weighted by Gasteiger charge is -2.35. The third-order valence-corrected chi connectivity index (χ3v) is 5.81. The first-order valence-corrected chi connectivity index (χ1v) is 10.4. The predicted octanol–water partition coefficient (Wildman–Crippen LogP) is 3.52. The van der Waals surface area contributed by atoms with E-state index >= 15 is 0 Å². The first-order valence-electron chi connectivity index (χ1n) is 10.4. The van der Waals surface area contributed by atoms with Gasteiger partial charge in [0.2, 0.25) is 5.95 Å². The van der Waals surface area contributed by atoms with Crippen LogP contribution in [-0.2, 0) is 4.74 Å². The zero-order valence-corrected chi connectivity index (χ0v) is 17.0. The molecule has 2 fully saturated rings. The highest BCUT2D eigenvalue weighted by atomic mass is 19.3. The maximum Gasteiger partial charge on any atom is 0.252 e. The molecule has 0 radical (unpaired) electrons. The number of H-pyrrole nitrogens is 1. The van der Waals surface area contributed by atoms with E-state index in [-0.39, 0.29) is 35.8 Å². The van der Waals surface area contributed by atoms with Gasteiger partial charge < -0.3 is 20.4 Å². The molecule has 3 aromatic heterocycles. The van der Waals surface area contributed by atoms with Gasteiger partial charge in [-0.15, -0.1) is 0 Å². The van der Waals surface area contributed by atoms with Crippen molar-refractivity contribution in [3.05, 3.63) is 41.7 Å². The SMILES string of the molecule is O=C(c1ccc(NC2CC(F)(F)C2)nc1F)c1c[nH]c2ncnc(NC3CCOCC3)c12. The molecule has 2 aliphatic rings. The van der Waals surface area contributed by atoms with Crippen molar-refractivity contribution in [2.75, 3.05) is 23.8 Å². The Bertz CT molecular complexity index is 1150. The van der Waals surface area contributed by atoms with Crippen molar-refractivity contribution in [2.45, 2.75) is 43.7 Å². The molecule has 0 atom stereocenters. The van der Waals surface area contributed by atoms with Gasteiger partial charge in [0.15, 0.2) is 5.78 Å². The number of pyridine rings is 1. The topological polar surface area (TPSA) is 105 Å². The van der Waals surface area contributed by atoms with Crippen LogP contribution in [0, 0.1) is 5.95 Å². The fraction of sp³-hybridized carbons (Fsp3) is 0.429. The lowest BCUT2D eigenvalue weighted by atomic mass is 9.88. The van der Waals surface area contributed by atoms with Crippen molar-refractivity contribution in [1.82, 2.24) is 19.9 Å². The Balaban J connectivity index is 1.39. The van der Waals surface area contributed by atoms with Gasteiger partial charge in [0.25, 0.3) is 5.92 Å². The van der Waals surface area contributed by atoms with Gasteiger partial charge in [-0.2, -0.15) is 4.39 Å². The molecule has 0 spiro atoms. The normalized spacial score (nSPS) is 19.0. The molecule has 1 saturated heterocycles. The predicted molar refractivity (Wildman–Crippen MR) is 111 cm³/mol. The number of nitrogens with zero attached hydrogens (tertiary/aromatic N) is 3. The fourth-order valence-corrected chi connectivity index (χ4v) is 4.09. The summed E-state index contributed by atoms with van der Waals surface area (Å²) in [6.07, 6.45) is 3.82. The Morgan fingerprint density at radius 2 is 1.88 bits per heavy atom. The van der Waals surface area contributed by atoms with Gasteiger partial charge in [0.05, 0.1) is 16.5 Å². The van der Waals surface area contributed by atoms with Crippen molar-refractivity contribution < 1.29 is 22.7 Å². The number of aromatic amines is 1. The minimum Gasteiger partial charge on any atom is -0.381 e. The van der Waals surface area contributed by atoms with Gasteiger partial charge in [-0.25, -0.2) is 23.7 Å². The Labute approximate surface area is 181 Å². The van der Waals surface area contributed by atoms with Crippen LogP contribution in [0.25, 0.3) is 11.0 Å². The summed E-state index contributed by atoms with van der Waals surface area (Å²) in [5.41, 5.74) is 0.446. The molecule has 0 unspecified atom stereocenters. The van der Waals surface area contributed by atoms with Crippen LogP contribution in [0.1, 0.15) is 41.6 Å². The first-order chi connectivity index (χ1) is 15.4. The summed E-state index contributed by atoms with van der Waals surface area (Å²) < 4.78 is 46.1. The molecule has 1 saturated carbocycles. The number of fused-ring (bicyclic) bond motifs is 1.